The zero-order valence-corrected chi connectivity index (χ0v) is 15.7. The summed E-state index contributed by atoms with van der Waals surface area (Å²) in [6.07, 6.45) is 1.48. The number of nitro groups is 1. The number of nitrogens with zero attached hydrogens (tertiary/aromatic N) is 2. The van der Waals surface area contributed by atoms with Crippen molar-refractivity contribution in [3.05, 3.63) is 52.0 Å². The first-order valence-corrected chi connectivity index (χ1v) is 8.30. The Morgan fingerprint density at radius 2 is 2.04 bits per heavy atom. The first kappa shape index (κ1) is 20.7. The van der Waals surface area contributed by atoms with Gasteiger partial charge in [-0.05, 0) is 19.1 Å². The van der Waals surface area contributed by atoms with Gasteiger partial charge in [-0.15, -0.1) is 0 Å². The molecule has 1 aromatic heterocycles. The lowest BCUT2D eigenvalue weighted by molar-refractivity contribution is -0.385. The van der Waals surface area contributed by atoms with E-state index in [-0.39, 0.29) is 30.2 Å². The van der Waals surface area contributed by atoms with Crippen molar-refractivity contribution in [2.24, 2.45) is 0 Å². The number of hydrogen-bond donors (Lipinski definition) is 0. The smallest absolute Gasteiger partial charge is 0.345 e. The number of nitro benzene ring substituents is 1. The molecule has 1 heterocycles. The van der Waals surface area contributed by atoms with Gasteiger partial charge in [0.25, 0.3) is 11.6 Å². The monoisotopic (exact) mass is 392 g/mol. The first-order chi connectivity index (χ1) is 13.4. The van der Waals surface area contributed by atoms with Gasteiger partial charge in [-0.3, -0.25) is 14.9 Å². The lowest BCUT2D eigenvalue weighted by atomic mass is 10.1. The highest BCUT2D eigenvalue weighted by molar-refractivity contribution is 5.96. The summed E-state index contributed by atoms with van der Waals surface area (Å²) in [7, 11) is 2.85. The van der Waals surface area contributed by atoms with Crippen molar-refractivity contribution in [1.82, 2.24) is 4.90 Å². The van der Waals surface area contributed by atoms with Crippen molar-refractivity contribution >= 4 is 17.6 Å². The van der Waals surface area contributed by atoms with Crippen molar-refractivity contribution in [3.63, 3.8) is 0 Å². The minimum atomic E-state index is -1.02. The molecule has 2 aromatic rings. The molecule has 0 spiro atoms. The largest absolute Gasteiger partial charge is 0.493 e. The zero-order chi connectivity index (χ0) is 20.7. The van der Waals surface area contributed by atoms with Crippen LogP contribution in [0.3, 0.4) is 0 Å². The molecule has 0 bridgehead atoms. The Morgan fingerprint density at radius 3 is 2.61 bits per heavy atom. The van der Waals surface area contributed by atoms with Crippen LogP contribution in [0.1, 0.15) is 23.0 Å². The van der Waals surface area contributed by atoms with E-state index < -0.39 is 29.1 Å². The Bertz CT molecular complexity index is 848. The molecule has 0 saturated heterocycles. The van der Waals surface area contributed by atoms with Crippen molar-refractivity contribution < 1.29 is 33.1 Å². The lowest BCUT2D eigenvalue weighted by Crippen LogP contribution is -2.30. The van der Waals surface area contributed by atoms with E-state index in [1.165, 1.54) is 25.3 Å². The van der Waals surface area contributed by atoms with Crippen LogP contribution in [-0.4, -0.2) is 49.1 Å². The molecule has 1 amide bonds. The fraction of sp³-hybridized carbons (Fsp3) is 0.333. The maximum absolute atomic E-state index is 12.3. The van der Waals surface area contributed by atoms with E-state index in [2.05, 4.69) is 0 Å². The van der Waals surface area contributed by atoms with E-state index in [1.54, 1.807) is 19.1 Å². The summed E-state index contributed by atoms with van der Waals surface area (Å²) in [5, 5.41) is 11.3. The van der Waals surface area contributed by atoms with Gasteiger partial charge in [0.2, 0.25) is 0 Å². The maximum Gasteiger partial charge on any atom is 0.345 e. The van der Waals surface area contributed by atoms with Gasteiger partial charge in [0.1, 0.15) is 11.3 Å². The Morgan fingerprint density at radius 1 is 1.29 bits per heavy atom. The molecule has 0 aliphatic rings. The average molecular weight is 392 g/mol. The summed E-state index contributed by atoms with van der Waals surface area (Å²) in [6, 6.07) is 5.63. The van der Waals surface area contributed by atoms with Crippen LogP contribution in [0.4, 0.5) is 5.69 Å². The third-order valence-electron chi connectivity index (χ3n) is 3.72. The Balaban J connectivity index is 2.12. The van der Waals surface area contributed by atoms with Crippen LogP contribution in [0.15, 0.2) is 34.9 Å². The Labute approximate surface area is 160 Å². The van der Waals surface area contributed by atoms with Crippen LogP contribution in [0.5, 0.6) is 11.5 Å². The quantitative estimate of drug-likeness (QED) is 0.362. The molecule has 2 rings (SSSR count). The molecule has 0 N–H and O–H groups in total. The van der Waals surface area contributed by atoms with Crippen LogP contribution in [0.2, 0.25) is 0 Å². The van der Waals surface area contributed by atoms with Crippen molar-refractivity contribution in [2.75, 3.05) is 27.4 Å². The van der Waals surface area contributed by atoms with E-state index in [0.29, 0.717) is 5.76 Å². The molecule has 10 heteroatoms. The molecule has 1 aromatic carbocycles. The highest BCUT2D eigenvalue weighted by atomic mass is 16.6. The summed E-state index contributed by atoms with van der Waals surface area (Å²) < 4.78 is 20.5. The predicted octanol–water partition coefficient (Wildman–Crippen LogP) is 2.41. The van der Waals surface area contributed by atoms with Gasteiger partial charge in [-0.1, -0.05) is 0 Å². The fourth-order valence-electron chi connectivity index (χ4n) is 2.33. The number of benzene rings is 1. The van der Waals surface area contributed by atoms with Gasteiger partial charge in [-0.25, -0.2) is 4.79 Å². The minimum Gasteiger partial charge on any atom is -0.493 e. The van der Waals surface area contributed by atoms with E-state index in [9.17, 15) is 19.7 Å². The molecule has 0 atom stereocenters. The van der Waals surface area contributed by atoms with Gasteiger partial charge in [0.05, 0.1) is 37.5 Å². The van der Waals surface area contributed by atoms with Gasteiger partial charge in [0, 0.05) is 13.1 Å². The molecule has 28 heavy (non-hydrogen) atoms. The minimum absolute atomic E-state index is 0.127. The van der Waals surface area contributed by atoms with Crippen molar-refractivity contribution in [2.45, 2.75) is 13.5 Å². The molecule has 0 radical (unpaired) electrons. The van der Waals surface area contributed by atoms with Crippen LogP contribution in [-0.2, 0) is 16.1 Å². The summed E-state index contributed by atoms with van der Waals surface area (Å²) in [5.74, 6) is -0.685. The van der Waals surface area contributed by atoms with Gasteiger partial charge >= 0.3 is 5.97 Å². The molecular weight excluding hydrogens is 372 g/mol. The molecule has 0 saturated carbocycles. The van der Waals surface area contributed by atoms with Crippen LogP contribution >= 0.6 is 0 Å². The van der Waals surface area contributed by atoms with E-state index in [1.807, 2.05) is 0 Å². The van der Waals surface area contributed by atoms with Gasteiger partial charge in [0.15, 0.2) is 18.1 Å². The summed E-state index contributed by atoms with van der Waals surface area (Å²) >= 11 is 0. The zero-order valence-electron chi connectivity index (χ0n) is 15.7. The molecule has 10 nitrogen and oxygen atoms in total. The molecule has 0 aliphatic carbocycles. The predicted molar refractivity (Wildman–Crippen MR) is 96.3 cm³/mol. The topological polar surface area (TPSA) is 121 Å². The SMILES string of the molecule is CCOc1cc([N+](=O)[O-])c(C(=O)OCC(=O)N(C)Cc2ccco2)cc1OC. The molecular formula is C18H20N2O8. The number of amides is 1. The summed E-state index contributed by atoms with van der Waals surface area (Å²) in [5.41, 5.74) is -0.850. The van der Waals surface area contributed by atoms with Crippen LogP contribution < -0.4 is 9.47 Å². The number of hydrogen-bond acceptors (Lipinski definition) is 8. The number of furan rings is 1. The number of carbonyl (C=O) groups excluding carboxylic acids is 2. The number of ether oxygens (including phenoxy) is 3. The second-order valence-corrected chi connectivity index (χ2v) is 5.62. The van der Waals surface area contributed by atoms with E-state index in [4.69, 9.17) is 18.6 Å². The third kappa shape index (κ3) is 5.00. The van der Waals surface area contributed by atoms with Gasteiger partial charge < -0.3 is 23.5 Å². The maximum atomic E-state index is 12.3. The number of carbonyl (C=O) groups is 2. The third-order valence-corrected chi connectivity index (χ3v) is 3.72. The lowest BCUT2D eigenvalue weighted by Gasteiger charge is -2.16. The van der Waals surface area contributed by atoms with Gasteiger partial charge in [-0.2, -0.15) is 0 Å². The average Bonchev–Trinajstić information content (AvgIpc) is 3.18. The molecule has 0 aliphatic heterocycles. The number of esters is 1. The fourth-order valence-corrected chi connectivity index (χ4v) is 2.33. The number of likely N-dealkylation sites (N-methyl/N-ethyl adjacent to an activating group) is 1. The summed E-state index contributed by atoms with van der Waals surface area (Å²) in [6.45, 7) is 1.58. The van der Waals surface area contributed by atoms with Crippen molar-refractivity contribution in [1.29, 1.82) is 0 Å². The normalized spacial score (nSPS) is 10.2. The molecule has 0 unspecified atom stereocenters. The van der Waals surface area contributed by atoms with E-state index in [0.717, 1.165) is 12.1 Å². The number of methoxy groups -OCH3 is 1. The van der Waals surface area contributed by atoms with Crippen LogP contribution in [0, 0.1) is 10.1 Å². The van der Waals surface area contributed by atoms with Crippen LogP contribution in [0.25, 0.3) is 0 Å². The number of rotatable bonds is 9. The standard InChI is InChI=1S/C18H20N2O8/c1-4-26-16-9-14(20(23)24)13(8-15(16)25-3)18(22)28-11-17(21)19(2)10-12-6-5-7-27-12/h5-9H,4,10-11H2,1-3H3. The Kier molecular flexibility index (Phi) is 6.96. The molecule has 0 fully saturated rings. The molecule has 150 valence electrons. The Hall–Kier alpha value is -3.56. The second-order valence-electron chi connectivity index (χ2n) is 5.62. The first-order valence-electron chi connectivity index (χ1n) is 8.30. The van der Waals surface area contributed by atoms with E-state index >= 15 is 0 Å². The second kappa shape index (κ2) is 9.40. The summed E-state index contributed by atoms with van der Waals surface area (Å²) in [4.78, 5) is 36.3. The van der Waals surface area contributed by atoms with Crippen molar-refractivity contribution in [3.8, 4) is 11.5 Å². The highest BCUT2D eigenvalue weighted by Crippen LogP contribution is 2.35. The highest BCUT2D eigenvalue weighted by Gasteiger charge is 2.26.